The molecule has 36 valence electrons. The summed E-state index contributed by atoms with van der Waals surface area (Å²) in [5, 5.41) is 0. The maximum atomic E-state index is 3.58. The first-order valence-corrected chi connectivity index (χ1v) is 2.17. The Morgan fingerprint density at radius 2 is 2.00 bits per heavy atom. The van der Waals surface area contributed by atoms with Gasteiger partial charge in [-0.05, 0) is 0 Å². The molecule has 0 aliphatic heterocycles. The summed E-state index contributed by atoms with van der Waals surface area (Å²) in [6, 6.07) is 0. The molecule has 0 spiro atoms. The summed E-state index contributed by atoms with van der Waals surface area (Å²) in [4.78, 5) is 0. The SMILES string of the molecule is C=CC[C-](C)C.[Li+]. The molecule has 0 rings (SSSR count). The van der Waals surface area contributed by atoms with Crippen LogP contribution in [-0.4, -0.2) is 0 Å². The molecule has 0 aliphatic carbocycles. The third-order valence-electron chi connectivity index (χ3n) is 0.553. The van der Waals surface area contributed by atoms with Gasteiger partial charge in [0.2, 0.25) is 0 Å². The minimum absolute atomic E-state index is 0. The van der Waals surface area contributed by atoms with E-state index in [0.29, 0.717) is 0 Å². The van der Waals surface area contributed by atoms with Crippen LogP contribution in [0.2, 0.25) is 0 Å². The first-order chi connectivity index (χ1) is 2.77. The zero-order valence-corrected chi connectivity index (χ0v) is 5.49. The Morgan fingerprint density at radius 3 is 2.00 bits per heavy atom. The van der Waals surface area contributed by atoms with Crippen molar-refractivity contribution in [1.82, 2.24) is 0 Å². The molecule has 0 aliphatic rings. The number of hydrogen-bond donors (Lipinski definition) is 0. The van der Waals surface area contributed by atoms with Crippen LogP contribution < -0.4 is 18.9 Å². The zero-order chi connectivity index (χ0) is 4.99. The smallest absolute Gasteiger partial charge is 0.316 e. The third-order valence-corrected chi connectivity index (χ3v) is 0.553. The molecule has 0 atom stereocenters. The maximum Gasteiger partial charge on any atom is 1.00 e. The molecule has 0 saturated carbocycles. The molecule has 0 fully saturated rings. The molecule has 0 nitrogen and oxygen atoms in total. The summed E-state index contributed by atoms with van der Waals surface area (Å²) in [7, 11) is 0. The van der Waals surface area contributed by atoms with E-state index < -0.39 is 0 Å². The fourth-order valence-corrected chi connectivity index (χ4v) is 0.289. The van der Waals surface area contributed by atoms with Crippen LogP contribution in [0.1, 0.15) is 20.3 Å². The van der Waals surface area contributed by atoms with Crippen molar-refractivity contribution in [2.45, 2.75) is 20.3 Å². The fourth-order valence-electron chi connectivity index (χ4n) is 0.289. The quantitative estimate of drug-likeness (QED) is 0.236. The van der Waals surface area contributed by atoms with Crippen LogP contribution in [-0.2, 0) is 0 Å². The minimum atomic E-state index is 0. The largest absolute Gasteiger partial charge is 1.00 e. The fraction of sp³-hybridized carbons (Fsp3) is 0.500. The van der Waals surface area contributed by atoms with Gasteiger partial charge in [0.15, 0.2) is 0 Å². The molecule has 0 heterocycles. The first kappa shape index (κ1) is 10.3. The van der Waals surface area contributed by atoms with Gasteiger partial charge in [0.05, 0.1) is 0 Å². The van der Waals surface area contributed by atoms with Gasteiger partial charge in [-0.15, -0.1) is 12.7 Å². The standard InChI is InChI=1S/C6H11.Li/c1-4-5-6(2)3;/h4H,1,5H2,2-3H3;/q-1;+1. The monoisotopic (exact) mass is 90.1 g/mol. The molecule has 0 aromatic carbocycles. The van der Waals surface area contributed by atoms with Gasteiger partial charge in [-0.1, -0.05) is 0 Å². The molecule has 0 radical (unpaired) electrons. The molecule has 0 N–H and O–H groups in total. The van der Waals surface area contributed by atoms with Crippen LogP contribution in [0.5, 0.6) is 0 Å². The van der Waals surface area contributed by atoms with Crippen molar-refractivity contribution in [3.8, 4) is 0 Å². The summed E-state index contributed by atoms with van der Waals surface area (Å²) in [5.74, 6) is 1.42. The molecule has 0 unspecified atom stereocenters. The Bertz CT molecular complexity index is 39.4. The minimum Gasteiger partial charge on any atom is -0.316 e. The van der Waals surface area contributed by atoms with E-state index in [1.54, 1.807) is 0 Å². The van der Waals surface area contributed by atoms with Gasteiger partial charge in [-0.3, -0.25) is 0 Å². The number of allylic oxidation sites excluding steroid dienone is 1. The molecule has 0 amide bonds. The predicted octanol–water partition coefficient (Wildman–Crippen LogP) is -0.819. The van der Waals surface area contributed by atoms with Gasteiger partial charge < -0.3 is 5.92 Å². The Hall–Kier alpha value is 0.337. The molecule has 7 heavy (non-hydrogen) atoms. The molecule has 0 aromatic rings. The second-order valence-corrected chi connectivity index (χ2v) is 1.70. The van der Waals surface area contributed by atoms with Gasteiger partial charge in [-0.25, -0.2) is 0 Å². The van der Waals surface area contributed by atoms with Gasteiger partial charge in [0.1, 0.15) is 0 Å². The van der Waals surface area contributed by atoms with Crippen LogP contribution in [0.25, 0.3) is 0 Å². The Morgan fingerprint density at radius 1 is 1.57 bits per heavy atom. The van der Waals surface area contributed by atoms with Crippen molar-refractivity contribution in [1.29, 1.82) is 0 Å². The topological polar surface area (TPSA) is 0 Å². The summed E-state index contributed by atoms with van der Waals surface area (Å²) in [6.07, 6.45) is 2.97. The zero-order valence-electron chi connectivity index (χ0n) is 5.49. The van der Waals surface area contributed by atoms with E-state index in [2.05, 4.69) is 20.4 Å². The van der Waals surface area contributed by atoms with Crippen molar-refractivity contribution >= 4 is 0 Å². The second-order valence-electron chi connectivity index (χ2n) is 1.70. The van der Waals surface area contributed by atoms with Crippen molar-refractivity contribution in [2.75, 3.05) is 0 Å². The number of rotatable bonds is 2. The van der Waals surface area contributed by atoms with E-state index in [0.717, 1.165) is 6.42 Å². The Balaban J connectivity index is 0. The van der Waals surface area contributed by atoms with Crippen molar-refractivity contribution in [2.24, 2.45) is 0 Å². The molecule has 0 aromatic heterocycles. The molecular formula is C6H11Li. The second kappa shape index (κ2) is 6.34. The van der Waals surface area contributed by atoms with Crippen molar-refractivity contribution in [3.63, 3.8) is 0 Å². The van der Waals surface area contributed by atoms with Crippen LogP contribution in [0, 0.1) is 5.92 Å². The normalized spacial score (nSPS) is 7.86. The van der Waals surface area contributed by atoms with E-state index in [-0.39, 0.29) is 18.9 Å². The Labute approximate surface area is 58.2 Å². The van der Waals surface area contributed by atoms with Crippen LogP contribution in [0.15, 0.2) is 12.7 Å². The molecule has 0 bridgehead atoms. The van der Waals surface area contributed by atoms with Crippen molar-refractivity contribution in [3.05, 3.63) is 18.6 Å². The third kappa shape index (κ3) is 10.7. The number of hydrogen-bond acceptors (Lipinski definition) is 0. The van der Waals surface area contributed by atoms with E-state index in [1.165, 1.54) is 5.92 Å². The van der Waals surface area contributed by atoms with Crippen LogP contribution in [0.3, 0.4) is 0 Å². The summed E-state index contributed by atoms with van der Waals surface area (Å²) in [5.41, 5.74) is 0. The molecule has 0 saturated heterocycles. The summed E-state index contributed by atoms with van der Waals surface area (Å²) >= 11 is 0. The van der Waals surface area contributed by atoms with E-state index in [1.807, 2.05) is 6.08 Å². The van der Waals surface area contributed by atoms with E-state index in [9.17, 15) is 0 Å². The van der Waals surface area contributed by atoms with Gasteiger partial charge >= 0.3 is 18.9 Å². The molecule has 1 heteroatoms. The van der Waals surface area contributed by atoms with Crippen LogP contribution in [0.4, 0.5) is 0 Å². The maximum absolute atomic E-state index is 3.58. The average molecular weight is 90.1 g/mol. The summed E-state index contributed by atoms with van der Waals surface area (Å²) in [6.45, 7) is 7.78. The predicted molar refractivity (Wildman–Crippen MR) is 29.4 cm³/mol. The van der Waals surface area contributed by atoms with E-state index in [4.69, 9.17) is 0 Å². The van der Waals surface area contributed by atoms with Gasteiger partial charge in [-0.2, -0.15) is 20.3 Å². The Kier molecular flexibility index (Phi) is 9.37. The molecular weight excluding hydrogens is 79.0 g/mol. The first-order valence-electron chi connectivity index (χ1n) is 2.17. The average Bonchev–Trinajstić information content (AvgIpc) is 1.35. The van der Waals surface area contributed by atoms with Crippen molar-refractivity contribution < 1.29 is 18.9 Å². The van der Waals surface area contributed by atoms with Gasteiger partial charge in [0.25, 0.3) is 0 Å². The van der Waals surface area contributed by atoms with Crippen LogP contribution >= 0.6 is 0 Å². The van der Waals surface area contributed by atoms with E-state index >= 15 is 0 Å². The van der Waals surface area contributed by atoms with Gasteiger partial charge in [0, 0.05) is 0 Å². The summed E-state index contributed by atoms with van der Waals surface area (Å²) < 4.78 is 0.